The van der Waals surface area contributed by atoms with E-state index in [1.807, 2.05) is 0 Å². The van der Waals surface area contributed by atoms with E-state index in [1.54, 1.807) is 0 Å². The van der Waals surface area contributed by atoms with Crippen molar-refractivity contribution >= 4 is 0 Å². The number of rotatable bonds is 4. The molecule has 0 aliphatic rings. The average Bonchev–Trinajstić information content (AvgIpc) is 1.81. The van der Waals surface area contributed by atoms with E-state index in [2.05, 4.69) is 18.6 Å². The topological polar surface area (TPSA) is 0 Å². The third-order valence-corrected chi connectivity index (χ3v) is 0.905. The van der Waals surface area contributed by atoms with Gasteiger partial charge in [0, 0.05) is 0 Å². The minimum atomic E-state index is 0.779. The SMILES string of the molecule is [C-]#CCCCC[C+]=C. The Morgan fingerprint density at radius 2 is 2.25 bits per heavy atom. The van der Waals surface area contributed by atoms with Gasteiger partial charge in [-0.2, -0.15) is 0 Å². The summed E-state index contributed by atoms with van der Waals surface area (Å²) in [5.74, 6) is 2.33. The fourth-order valence-electron chi connectivity index (χ4n) is 0.463. The molecule has 0 atom stereocenters. The van der Waals surface area contributed by atoms with E-state index < -0.39 is 0 Å². The summed E-state index contributed by atoms with van der Waals surface area (Å²) in [6.07, 6.45) is 13.2. The lowest BCUT2D eigenvalue weighted by Crippen LogP contribution is -1.70. The first kappa shape index (κ1) is 7.21. The largest absolute Gasteiger partial charge is 0.694 e. The second-order valence-electron chi connectivity index (χ2n) is 1.63. The van der Waals surface area contributed by atoms with E-state index in [9.17, 15) is 0 Å². The van der Waals surface area contributed by atoms with Gasteiger partial charge in [-0.15, -0.1) is 0 Å². The maximum Gasteiger partial charge on any atom is 0.214 e. The molecule has 0 spiro atoms. The van der Waals surface area contributed by atoms with Gasteiger partial charge >= 0.3 is 0 Å². The van der Waals surface area contributed by atoms with Crippen molar-refractivity contribution in [3.05, 3.63) is 19.1 Å². The molecular formula is C8H10. The summed E-state index contributed by atoms with van der Waals surface area (Å²) in [6.45, 7) is 3.47. The van der Waals surface area contributed by atoms with E-state index >= 15 is 0 Å². The minimum Gasteiger partial charge on any atom is -0.694 e. The van der Waals surface area contributed by atoms with Gasteiger partial charge in [0.05, 0.1) is 0 Å². The van der Waals surface area contributed by atoms with Gasteiger partial charge in [0.25, 0.3) is 0 Å². The molecule has 0 heteroatoms. The third-order valence-electron chi connectivity index (χ3n) is 0.905. The van der Waals surface area contributed by atoms with Crippen LogP contribution in [0.3, 0.4) is 0 Å². The van der Waals surface area contributed by atoms with Gasteiger partial charge in [-0.25, -0.2) is 0 Å². The predicted octanol–water partition coefficient (Wildman–Crippen LogP) is 2.13. The normalized spacial score (nSPS) is 7.38. The number of hydrogen-bond acceptors (Lipinski definition) is 0. The molecule has 0 aromatic carbocycles. The molecule has 0 bridgehead atoms. The summed E-state index contributed by atoms with van der Waals surface area (Å²) in [4.78, 5) is 0. The Labute approximate surface area is 51.6 Å². The van der Waals surface area contributed by atoms with E-state index in [1.165, 1.54) is 0 Å². The maximum atomic E-state index is 6.55. The molecule has 0 nitrogen and oxygen atoms in total. The first-order valence-corrected chi connectivity index (χ1v) is 2.81. The average molecular weight is 106 g/mol. The van der Waals surface area contributed by atoms with Gasteiger partial charge in [-0.05, 0) is 19.3 Å². The third kappa shape index (κ3) is 5.21. The zero-order valence-electron chi connectivity index (χ0n) is 5.04. The second kappa shape index (κ2) is 6.21. The van der Waals surface area contributed by atoms with Crippen molar-refractivity contribution in [1.29, 1.82) is 0 Å². The van der Waals surface area contributed by atoms with E-state index in [-0.39, 0.29) is 0 Å². The van der Waals surface area contributed by atoms with Gasteiger partial charge in [0.15, 0.2) is 6.42 Å². The Hall–Kier alpha value is -0.790. The van der Waals surface area contributed by atoms with Crippen molar-refractivity contribution in [3.8, 4) is 5.92 Å². The zero-order chi connectivity index (χ0) is 6.24. The van der Waals surface area contributed by atoms with Crippen LogP contribution in [0.4, 0.5) is 0 Å². The van der Waals surface area contributed by atoms with Gasteiger partial charge in [0.1, 0.15) is 6.58 Å². The van der Waals surface area contributed by atoms with Crippen LogP contribution in [0.5, 0.6) is 0 Å². The smallest absolute Gasteiger partial charge is 0.214 e. The number of allylic oxidation sites excluding steroid dienone is 1. The van der Waals surface area contributed by atoms with Crippen LogP contribution in [-0.2, 0) is 0 Å². The van der Waals surface area contributed by atoms with Crippen LogP contribution in [0.1, 0.15) is 25.7 Å². The van der Waals surface area contributed by atoms with Crippen LogP contribution in [0.25, 0.3) is 0 Å². The summed E-state index contributed by atoms with van der Waals surface area (Å²) in [6, 6.07) is 0. The maximum absolute atomic E-state index is 6.55. The Balaban J connectivity index is 2.74. The highest BCUT2D eigenvalue weighted by Gasteiger charge is 1.87. The van der Waals surface area contributed by atoms with Crippen LogP contribution in [0, 0.1) is 18.4 Å². The molecule has 8 heavy (non-hydrogen) atoms. The molecule has 0 radical (unpaired) electrons. The lowest BCUT2D eigenvalue weighted by molar-refractivity contribution is 0.764. The van der Waals surface area contributed by atoms with Gasteiger partial charge < -0.3 is 12.3 Å². The van der Waals surface area contributed by atoms with E-state index in [4.69, 9.17) is 6.42 Å². The molecule has 0 unspecified atom stereocenters. The highest BCUT2D eigenvalue weighted by Crippen LogP contribution is 1.96. The lowest BCUT2D eigenvalue weighted by atomic mass is 10.2. The number of unbranched alkanes of at least 4 members (excludes halogenated alkanes) is 3. The molecular weight excluding hydrogens is 96.1 g/mol. The van der Waals surface area contributed by atoms with Crippen LogP contribution in [-0.4, -0.2) is 0 Å². The Morgan fingerprint density at radius 1 is 1.50 bits per heavy atom. The Bertz CT molecular complexity index is 84.7. The molecule has 0 N–H and O–H groups in total. The van der Waals surface area contributed by atoms with Crippen LogP contribution in [0.15, 0.2) is 6.58 Å². The Kier molecular flexibility index (Phi) is 5.60. The fraction of sp³-hybridized carbons (Fsp3) is 0.500. The molecule has 0 heterocycles. The van der Waals surface area contributed by atoms with Crippen molar-refractivity contribution in [2.75, 3.05) is 0 Å². The summed E-state index contributed by atoms with van der Waals surface area (Å²) in [5.41, 5.74) is 0. The lowest BCUT2D eigenvalue weighted by Gasteiger charge is -1.86. The molecule has 0 aliphatic carbocycles. The van der Waals surface area contributed by atoms with Gasteiger partial charge in [-0.1, -0.05) is 0 Å². The van der Waals surface area contributed by atoms with Crippen LogP contribution in [0.2, 0.25) is 0 Å². The molecule has 0 aromatic rings. The van der Waals surface area contributed by atoms with Gasteiger partial charge in [0.2, 0.25) is 6.08 Å². The summed E-state index contributed by atoms with van der Waals surface area (Å²) in [5, 5.41) is 0. The summed E-state index contributed by atoms with van der Waals surface area (Å²) >= 11 is 0. The van der Waals surface area contributed by atoms with Crippen molar-refractivity contribution in [2.24, 2.45) is 0 Å². The Morgan fingerprint density at radius 3 is 2.75 bits per heavy atom. The fourth-order valence-corrected chi connectivity index (χ4v) is 0.463. The highest BCUT2D eigenvalue weighted by molar-refractivity contribution is 4.74. The van der Waals surface area contributed by atoms with Crippen molar-refractivity contribution in [2.45, 2.75) is 25.7 Å². The van der Waals surface area contributed by atoms with E-state index in [0.29, 0.717) is 0 Å². The van der Waals surface area contributed by atoms with Gasteiger partial charge in [-0.3, -0.25) is 0 Å². The highest BCUT2D eigenvalue weighted by atomic mass is 13.8. The minimum absolute atomic E-state index is 0.779. The molecule has 0 aliphatic heterocycles. The van der Waals surface area contributed by atoms with Crippen LogP contribution >= 0.6 is 0 Å². The quantitative estimate of drug-likeness (QED) is 0.292. The zero-order valence-corrected chi connectivity index (χ0v) is 5.04. The first-order chi connectivity index (χ1) is 3.91. The second-order valence-corrected chi connectivity index (χ2v) is 1.63. The molecule has 0 amide bonds. The molecule has 0 saturated heterocycles. The molecule has 0 fully saturated rings. The number of hydrogen-bond donors (Lipinski definition) is 0. The summed E-state index contributed by atoms with van der Waals surface area (Å²) < 4.78 is 0. The monoisotopic (exact) mass is 106 g/mol. The first-order valence-electron chi connectivity index (χ1n) is 2.81. The molecule has 0 rings (SSSR count). The molecule has 42 valence electrons. The van der Waals surface area contributed by atoms with E-state index in [0.717, 1.165) is 25.7 Å². The standard InChI is InChI=1S/C8H10/c1-3-5-7-8-6-4-2/h1,5-8H2. The van der Waals surface area contributed by atoms with Crippen molar-refractivity contribution in [3.63, 3.8) is 0 Å². The summed E-state index contributed by atoms with van der Waals surface area (Å²) in [7, 11) is 0. The predicted molar refractivity (Wildman–Crippen MR) is 34.5 cm³/mol. The van der Waals surface area contributed by atoms with Crippen molar-refractivity contribution in [1.82, 2.24) is 0 Å². The molecule has 0 aromatic heterocycles. The van der Waals surface area contributed by atoms with Crippen molar-refractivity contribution < 1.29 is 0 Å². The molecule has 0 saturated carbocycles. The van der Waals surface area contributed by atoms with Crippen LogP contribution < -0.4 is 0 Å².